The van der Waals surface area contributed by atoms with Crippen LogP contribution in [0.5, 0.6) is 0 Å². The summed E-state index contributed by atoms with van der Waals surface area (Å²) in [6, 6.07) is 1.12. The molecule has 0 radical (unpaired) electrons. The SMILES string of the molecule is CCN(C(C)COC)C1(CN)CCN2CCCC21. The average Bonchev–Trinajstić information content (AvgIpc) is 2.94. The molecule has 0 saturated carbocycles. The second kappa shape index (κ2) is 5.87. The van der Waals surface area contributed by atoms with Crippen LogP contribution in [0, 0.1) is 0 Å². The lowest BCUT2D eigenvalue weighted by molar-refractivity contribution is 0.00500. The van der Waals surface area contributed by atoms with Crippen molar-refractivity contribution in [2.45, 2.75) is 50.7 Å². The van der Waals surface area contributed by atoms with E-state index in [1.54, 1.807) is 7.11 Å². The van der Waals surface area contributed by atoms with E-state index in [4.69, 9.17) is 10.5 Å². The van der Waals surface area contributed by atoms with Gasteiger partial charge in [-0.3, -0.25) is 9.80 Å². The van der Waals surface area contributed by atoms with E-state index in [1.807, 2.05) is 0 Å². The van der Waals surface area contributed by atoms with Gasteiger partial charge < -0.3 is 10.5 Å². The van der Waals surface area contributed by atoms with Crippen molar-refractivity contribution < 1.29 is 4.74 Å². The van der Waals surface area contributed by atoms with E-state index in [2.05, 4.69) is 23.6 Å². The molecule has 0 bridgehead atoms. The predicted molar refractivity (Wildman–Crippen MR) is 74.7 cm³/mol. The Bertz CT molecular complexity index is 274. The van der Waals surface area contributed by atoms with E-state index < -0.39 is 0 Å². The minimum absolute atomic E-state index is 0.184. The molecule has 4 heteroatoms. The van der Waals surface area contributed by atoms with Crippen molar-refractivity contribution in [1.82, 2.24) is 9.80 Å². The number of fused-ring (bicyclic) bond motifs is 1. The molecule has 0 aliphatic carbocycles. The van der Waals surface area contributed by atoms with E-state index in [0.717, 1.165) is 19.7 Å². The van der Waals surface area contributed by atoms with Crippen molar-refractivity contribution in [2.24, 2.45) is 5.73 Å². The summed E-state index contributed by atoms with van der Waals surface area (Å²) in [6.07, 6.45) is 3.87. The van der Waals surface area contributed by atoms with Crippen LogP contribution in [-0.2, 0) is 4.74 Å². The molecule has 2 aliphatic rings. The molecule has 0 aromatic rings. The predicted octanol–water partition coefficient (Wildman–Crippen LogP) is 0.909. The van der Waals surface area contributed by atoms with E-state index in [9.17, 15) is 0 Å². The lowest BCUT2D eigenvalue weighted by atomic mass is 9.85. The Hall–Kier alpha value is -0.160. The van der Waals surface area contributed by atoms with Crippen molar-refractivity contribution in [3.63, 3.8) is 0 Å². The third-order valence-corrected chi connectivity index (χ3v) is 5.02. The Labute approximate surface area is 111 Å². The molecule has 0 aromatic heterocycles. The number of hydrogen-bond donors (Lipinski definition) is 1. The number of nitrogens with zero attached hydrogens (tertiary/aromatic N) is 2. The maximum absolute atomic E-state index is 6.23. The fraction of sp³-hybridized carbons (Fsp3) is 1.00. The summed E-state index contributed by atoms with van der Waals surface area (Å²) in [6.45, 7) is 9.63. The van der Waals surface area contributed by atoms with Crippen LogP contribution in [0.15, 0.2) is 0 Å². The standard InChI is InChI=1S/C14H29N3O/c1-4-17(12(2)10-18-3)14(11-15)7-9-16-8-5-6-13(14)16/h12-13H,4-11,15H2,1-3H3. The normalized spacial score (nSPS) is 34.2. The van der Waals surface area contributed by atoms with Gasteiger partial charge in [-0.25, -0.2) is 0 Å². The third kappa shape index (κ3) is 2.20. The first-order chi connectivity index (χ1) is 8.69. The topological polar surface area (TPSA) is 41.7 Å². The van der Waals surface area contributed by atoms with Crippen LogP contribution in [0.3, 0.4) is 0 Å². The van der Waals surface area contributed by atoms with Crippen LogP contribution < -0.4 is 5.73 Å². The Morgan fingerprint density at radius 1 is 1.50 bits per heavy atom. The smallest absolute Gasteiger partial charge is 0.0615 e. The molecule has 106 valence electrons. The third-order valence-electron chi connectivity index (χ3n) is 5.02. The van der Waals surface area contributed by atoms with Crippen LogP contribution in [0.4, 0.5) is 0 Å². The average molecular weight is 255 g/mol. The van der Waals surface area contributed by atoms with Gasteiger partial charge in [0.2, 0.25) is 0 Å². The van der Waals surface area contributed by atoms with Gasteiger partial charge in [0.15, 0.2) is 0 Å². The number of rotatable bonds is 6. The molecule has 3 unspecified atom stereocenters. The molecule has 3 atom stereocenters. The zero-order valence-electron chi connectivity index (χ0n) is 12.2. The van der Waals surface area contributed by atoms with Crippen molar-refractivity contribution in [2.75, 3.05) is 39.9 Å². The molecule has 18 heavy (non-hydrogen) atoms. The number of ether oxygens (including phenoxy) is 1. The summed E-state index contributed by atoms with van der Waals surface area (Å²) in [7, 11) is 1.79. The summed E-state index contributed by atoms with van der Waals surface area (Å²) in [5.41, 5.74) is 6.41. The highest BCUT2D eigenvalue weighted by molar-refractivity contribution is 5.10. The molecule has 2 fully saturated rings. The highest BCUT2D eigenvalue weighted by Crippen LogP contribution is 2.40. The molecule has 2 heterocycles. The van der Waals surface area contributed by atoms with Gasteiger partial charge in [-0.2, -0.15) is 0 Å². The van der Waals surface area contributed by atoms with Crippen LogP contribution in [-0.4, -0.2) is 67.3 Å². The zero-order valence-corrected chi connectivity index (χ0v) is 12.2. The lowest BCUT2D eigenvalue weighted by Gasteiger charge is -2.47. The Morgan fingerprint density at radius 3 is 2.89 bits per heavy atom. The maximum atomic E-state index is 6.23. The fourth-order valence-electron chi connectivity index (χ4n) is 4.29. The lowest BCUT2D eigenvalue weighted by Crippen LogP contribution is -2.63. The van der Waals surface area contributed by atoms with Crippen molar-refractivity contribution in [1.29, 1.82) is 0 Å². The molecule has 0 spiro atoms. The molecular formula is C14H29N3O. The fourth-order valence-corrected chi connectivity index (χ4v) is 4.29. The molecule has 2 N–H and O–H groups in total. The van der Waals surface area contributed by atoms with Crippen LogP contribution in [0.1, 0.15) is 33.1 Å². The summed E-state index contributed by atoms with van der Waals surface area (Å²) >= 11 is 0. The van der Waals surface area contributed by atoms with Gasteiger partial charge in [-0.1, -0.05) is 6.92 Å². The first-order valence-electron chi connectivity index (χ1n) is 7.39. The largest absolute Gasteiger partial charge is 0.383 e. The summed E-state index contributed by atoms with van der Waals surface area (Å²) in [4.78, 5) is 5.25. The van der Waals surface area contributed by atoms with Crippen LogP contribution >= 0.6 is 0 Å². The Kier molecular flexibility index (Phi) is 4.64. The van der Waals surface area contributed by atoms with E-state index in [1.165, 1.54) is 32.4 Å². The Morgan fingerprint density at radius 2 is 2.28 bits per heavy atom. The van der Waals surface area contributed by atoms with Gasteiger partial charge in [-0.05, 0) is 39.3 Å². The summed E-state index contributed by atoms with van der Waals surface area (Å²) in [5, 5.41) is 0. The first kappa shape index (κ1) is 14.3. The Balaban J connectivity index is 2.19. The molecule has 2 aliphatic heterocycles. The van der Waals surface area contributed by atoms with E-state index in [-0.39, 0.29) is 5.54 Å². The molecular weight excluding hydrogens is 226 g/mol. The molecule has 0 amide bonds. The van der Waals surface area contributed by atoms with Gasteiger partial charge in [-0.15, -0.1) is 0 Å². The summed E-state index contributed by atoms with van der Waals surface area (Å²) in [5.74, 6) is 0. The molecule has 4 nitrogen and oxygen atoms in total. The zero-order chi connectivity index (χ0) is 13.2. The quantitative estimate of drug-likeness (QED) is 0.766. The van der Waals surface area contributed by atoms with Crippen molar-refractivity contribution in [3.8, 4) is 0 Å². The summed E-state index contributed by atoms with van der Waals surface area (Å²) < 4.78 is 5.35. The van der Waals surface area contributed by atoms with Crippen molar-refractivity contribution >= 4 is 0 Å². The monoisotopic (exact) mass is 255 g/mol. The van der Waals surface area contributed by atoms with Gasteiger partial charge in [0.1, 0.15) is 0 Å². The van der Waals surface area contributed by atoms with E-state index >= 15 is 0 Å². The highest BCUT2D eigenvalue weighted by atomic mass is 16.5. The van der Waals surface area contributed by atoms with Crippen molar-refractivity contribution in [3.05, 3.63) is 0 Å². The molecule has 0 aromatic carbocycles. The number of likely N-dealkylation sites (N-methyl/N-ethyl adjacent to an activating group) is 1. The second-order valence-corrected chi connectivity index (χ2v) is 5.84. The number of hydrogen-bond acceptors (Lipinski definition) is 4. The van der Waals surface area contributed by atoms with Crippen LogP contribution in [0.25, 0.3) is 0 Å². The van der Waals surface area contributed by atoms with Crippen LogP contribution in [0.2, 0.25) is 0 Å². The highest BCUT2D eigenvalue weighted by Gasteiger charge is 2.52. The number of nitrogens with two attached hydrogens (primary N) is 1. The number of methoxy groups -OCH3 is 1. The minimum Gasteiger partial charge on any atom is -0.383 e. The second-order valence-electron chi connectivity index (χ2n) is 5.84. The van der Waals surface area contributed by atoms with Gasteiger partial charge in [0, 0.05) is 32.3 Å². The van der Waals surface area contributed by atoms with Gasteiger partial charge >= 0.3 is 0 Å². The minimum atomic E-state index is 0.184. The first-order valence-corrected chi connectivity index (χ1v) is 7.39. The molecule has 2 saturated heterocycles. The van der Waals surface area contributed by atoms with Gasteiger partial charge in [0.25, 0.3) is 0 Å². The maximum Gasteiger partial charge on any atom is 0.0615 e. The van der Waals surface area contributed by atoms with E-state index in [0.29, 0.717) is 12.1 Å². The van der Waals surface area contributed by atoms with Gasteiger partial charge in [0.05, 0.1) is 12.1 Å². The molecule has 2 rings (SSSR count).